The Kier molecular flexibility index (Phi) is 4.88. The largest absolute Gasteiger partial charge is 0.454 e. The van der Waals surface area contributed by atoms with Crippen molar-refractivity contribution in [2.24, 2.45) is 0 Å². The molecule has 1 N–H and O–H groups in total. The van der Waals surface area contributed by atoms with Crippen LogP contribution in [-0.2, 0) is 6.42 Å². The second-order valence-electron chi connectivity index (χ2n) is 4.79. The summed E-state index contributed by atoms with van der Waals surface area (Å²) in [4.78, 5) is 0. The Balaban J connectivity index is 2.04. The first-order valence-electron chi connectivity index (χ1n) is 6.96. The summed E-state index contributed by atoms with van der Waals surface area (Å²) in [5, 5.41) is 3.61. The summed E-state index contributed by atoms with van der Waals surface area (Å²) < 4.78 is 11.0. The summed E-state index contributed by atoms with van der Waals surface area (Å²) in [6.45, 7) is 5.87. The molecule has 0 saturated heterocycles. The summed E-state index contributed by atoms with van der Waals surface area (Å²) in [7, 11) is 0. The van der Waals surface area contributed by atoms with Gasteiger partial charge in [0.25, 0.3) is 0 Å². The van der Waals surface area contributed by atoms with Crippen LogP contribution in [0.3, 0.4) is 0 Å². The predicted molar refractivity (Wildman–Crippen MR) is 73.3 cm³/mol. The predicted octanol–water partition coefficient (Wildman–Crippen LogP) is 3.13. The van der Waals surface area contributed by atoms with Crippen LogP contribution < -0.4 is 14.8 Å². The number of hydrogen-bond acceptors (Lipinski definition) is 3. The monoisotopic (exact) mass is 249 g/mol. The Morgan fingerprint density at radius 1 is 1.22 bits per heavy atom. The minimum absolute atomic E-state index is 0.354. The van der Waals surface area contributed by atoms with E-state index in [1.54, 1.807) is 0 Å². The van der Waals surface area contributed by atoms with Gasteiger partial charge < -0.3 is 14.8 Å². The molecule has 100 valence electrons. The average Bonchev–Trinajstić information content (AvgIpc) is 2.85. The van der Waals surface area contributed by atoms with Gasteiger partial charge in [-0.25, -0.2) is 0 Å². The van der Waals surface area contributed by atoms with Crippen molar-refractivity contribution in [2.45, 2.75) is 45.6 Å². The number of rotatable bonds is 7. The Morgan fingerprint density at radius 3 is 2.89 bits per heavy atom. The molecule has 1 aliphatic heterocycles. The normalized spacial score (nSPS) is 14.8. The van der Waals surface area contributed by atoms with E-state index in [1.165, 1.54) is 24.8 Å². The highest BCUT2D eigenvalue weighted by molar-refractivity contribution is 5.48. The van der Waals surface area contributed by atoms with Gasteiger partial charge in [0.1, 0.15) is 0 Å². The summed E-state index contributed by atoms with van der Waals surface area (Å²) in [6, 6.07) is 6.70. The van der Waals surface area contributed by atoms with Gasteiger partial charge in [0.15, 0.2) is 11.5 Å². The topological polar surface area (TPSA) is 30.5 Å². The molecule has 1 aromatic carbocycles. The van der Waals surface area contributed by atoms with E-state index in [9.17, 15) is 0 Å². The number of fused-ring (bicyclic) bond motifs is 1. The molecule has 2 rings (SSSR count). The lowest BCUT2D eigenvalue weighted by molar-refractivity contribution is 0.173. The van der Waals surface area contributed by atoms with Crippen LogP contribution in [0.2, 0.25) is 0 Å². The van der Waals surface area contributed by atoms with Crippen LogP contribution >= 0.6 is 0 Å². The molecule has 18 heavy (non-hydrogen) atoms. The van der Waals surface area contributed by atoms with Crippen LogP contribution in [-0.4, -0.2) is 19.4 Å². The number of nitrogens with one attached hydrogen (secondary N) is 1. The SMILES string of the molecule is CCCNC(CCC)Cc1cccc2c1OCO2. The minimum atomic E-state index is 0.354. The van der Waals surface area contributed by atoms with E-state index in [4.69, 9.17) is 9.47 Å². The Morgan fingerprint density at radius 2 is 2.11 bits per heavy atom. The fourth-order valence-electron chi connectivity index (χ4n) is 2.39. The zero-order valence-corrected chi connectivity index (χ0v) is 11.4. The van der Waals surface area contributed by atoms with Crippen molar-refractivity contribution < 1.29 is 9.47 Å². The highest BCUT2D eigenvalue weighted by Gasteiger charge is 2.19. The third-order valence-corrected chi connectivity index (χ3v) is 3.26. The lowest BCUT2D eigenvalue weighted by atomic mass is 10.0. The van der Waals surface area contributed by atoms with Gasteiger partial charge in [0, 0.05) is 6.04 Å². The molecule has 0 aliphatic carbocycles. The Hall–Kier alpha value is -1.22. The van der Waals surface area contributed by atoms with E-state index in [0.717, 1.165) is 24.5 Å². The summed E-state index contributed by atoms with van der Waals surface area (Å²) in [6.07, 6.45) is 4.59. The van der Waals surface area contributed by atoms with Crippen molar-refractivity contribution in [2.75, 3.05) is 13.3 Å². The molecular weight excluding hydrogens is 226 g/mol. The first-order valence-corrected chi connectivity index (χ1v) is 6.96. The molecule has 0 radical (unpaired) electrons. The minimum Gasteiger partial charge on any atom is -0.454 e. The maximum absolute atomic E-state index is 5.56. The first-order chi connectivity index (χ1) is 8.85. The third kappa shape index (κ3) is 3.16. The average molecular weight is 249 g/mol. The standard InChI is InChI=1S/C15H23NO2/c1-3-6-13(16-9-4-2)10-12-7-5-8-14-15(12)18-11-17-14/h5,7-8,13,16H,3-4,6,9-11H2,1-2H3. The molecule has 1 aromatic rings. The van der Waals surface area contributed by atoms with Gasteiger partial charge in [-0.15, -0.1) is 0 Å². The number of para-hydroxylation sites is 1. The molecule has 3 heteroatoms. The highest BCUT2D eigenvalue weighted by atomic mass is 16.7. The smallest absolute Gasteiger partial charge is 0.231 e. The summed E-state index contributed by atoms with van der Waals surface area (Å²) in [5.41, 5.74) is 1.26. The van der Waals surface area contributed by atoms with E-state index < -0.39 is 0 Å². The first kappa shape index (κ1) is 13.2. The lowest BCUT2D eigenvalue weighted by Crippen LogP contribution is -2.31. The highest BCUT2D eigenvalue weighted by Crippen LogP contribution is 2.36. The zero-order valence-electron chi connectivity index (χ0n) is 11.4. The van der Waals surface area contributed by atoms with Crippen molar-refractivity contribution in [3.63, 3.8) is 0 Å². The zero-order chi connectivity index (χ0) is 12.8. The molecule has 1 aliphatic rings. The van der Waals surface area contributed by atoms with Crippen LogP contribution in [0.5, 0.6) is 11.5 Å². The van der Waals surface area contributed by atoms with Crippen LogP contribution in [0.4, 0.5) is 0 Å². The van der Waals surface area contributed by atoms with Gasteiger partial charge in [-0.05, 0) is 37.4 Å². The molecule has 1 unspecified atom stereocenters. The molecule has 0 amide bonds. The van der Waals surface area contributed by atoms with Crippen LogP contribution in [0, 0.1) is 0 Å². The van der Waals surface area contributed by atoms with Gasteiger partial charge in [-0.3, -0.25) is 0 Å². The molecule has 1 heterocycles. The molecule has 0 aromatic heterocycles. The van der Waals surface area contributed by atoms with E-state index in [0.29, 0.717) is 12.8 Å². The second kappa shape index (κ2) is 6.64. The lowest BCUT2D eigenvalue weighted by Gasteiger charge is -2.18. The van der Waals surface area contributed by atoms with E-state index >= 15 is 0 Å². The molecular formula is C15H23NO2. The summed E-state index contributed by atoms with van der Waals surface area (Å²) in [5.74, 6) is 1.83. The molecule has 0 saturated carbocycles. The quantitative estimate of drug-likeness (QED) is 0.805. The van der Waals surface area contributed by atoms with Gasteiger partial charge in [-0.1, -0.05) is 32.4 Å². The van der Waals surface area contributed by atoms with Crippen molar-refractivity contribution >= 4 is 0 Å². The summed E-state index contributed by atoms with van der Waals surface area (Å²) >= 11 is 0. The Labute approximate surface area is 109 Å². The molecule has 0 bridgehead atoms. The van der Waals surface area contributed by atoms with Crippen molar-refractivity contribution in [3.8, 4) is 11.5 Å². The van der Waals surface area contributed by atoms with Gasteiger partial charge in [-0.2, -0.15) is 0 Å². The van der Waals surface area contributed by atoms with Crippen LogP contribution in [0.25, 0.3) is 0 Å². The molecule has 0 fully saturated rings. The molecule has 0 spiro atoms. The van der Waals surface area contributed by atoms with Crippen molar-refractivity contribution in [1.82, 2.24) is 5.32 Å². The maximum atomic E-state index is 5.56. The van der Waals surface area contributed by atoms with Gasteiger partial charge in [0.2, 0.25) is 6.79 Å². The molecule has 1 atom stereocenters. The van der Waals surface area contributed by atoms with Crippen LogP contribution in [0.1, 0.15) is 38.7 Å². The van der Waals surface area contributed by atoms with Crippen molar-refractivity contribution in [1.29, 1.82) is 0 Å². The second-order valence-corrected chi connectivity index (χ2v) is 4.79. The fraction of sp³-hybridized carbons (Fsp3) is 0.600. The molecule has 3 nitrogen and oxygen atoms in total. The number of ether oxygens (including phenoxy) is 2. The fourth-order valence-corrected chi connectivity index (χ4v) is 2.39. The van der Waals surface area contributed by atoms with E-state index in [-0.39, 0.29) is 0 Å². The van der Waals surface area contributed by atoms with E-state index in [2.05, 4.69) is 25.2 Å². The van der Waals surface area contributed by atoms with Crippen molar-refractivity contribution in [3.05, 3.63) is 23.8 Å². The number of benzene rings is 1. The van der Waals surface area contributed by atoms with Crippen LogP contribution in [0.15, 0.2) is 18.2 Å². The third-order valence-electron chi connectivity index (χ3n) is 3.26. The number of hydrogen-bond donors (Lipinski definition) is 1. The van der Waals surface area contributed by atoms with Gasteiger partial charge >= 0.3 is 0 Å². The Bertz CT molecular complexity index is 379. The van der Waals surface area contributed by atoms with E-state index in [1.807, 2.05) is 12.1 Å². The van der Waals surface area contributed by atoms with Gasteiger partial charge in [0.05, 0.1) is 0 Å². The maximum Gasteiger partial charge on any atom is 0.231 e.